The second-order valence-corrected chi connectivity index (χ2v) is 8.59. The monoisotopic (exact) mass is 464 g/mol. The van der Waals surface area contributed by atoms with E-state index in [1.54, 1.807) is 12.1 Å². The summed E-state index contributed by atoms with van der Waals surface area (Å²) in [5.41, 5.74) is 3.47. The van der Waals surface area contributed by atoms with Crippen LogP contribution in [0.25, 0.3) is 11.1 Å². The molecule has 3 aromatic carbocycles. The summed E-state index contributed by atoms with van der Waals surface area (Å²) in [5, 5.41) is 10.5. The van der Waals surface area contributed by atoms with Gasteiger partial charge in [-0.05, 0) is 41.7 Å². The number of carbonyl (C=O) groups excluding carboxylic acids is 1. The molecule has 1 aliphatic rings. The molecule has 5 nitrogen and oxygen atoms in total. The number of Topliss-reactive ketones (excluding diaryl/α,β-unsaturated/α-hetero) is 1. The SMILES string of the molecule is O=C(c1ccc(-c2ccc(Cl)cc2)cc1)C1CC[C@@H](OCOCc2ccccc2)C1C(=O)O. The molecule has 0 radical (unpaired) electrons. The molecule has 0 aromatic heterocycles. The molecule has 1 saturated carbocycles. The van der Waals surface area contributed by atoms with E-state index in [1.807, 2.05) is 66.7 Å². The van der Waals surface area contributed by atoms with Crippen LogP contribution in [0.5, 0.6) is 0 Å². The fourth-order valence-corrected chi connectivity index (χ4v) is 4.45. The zero-order valence-electron chi connectivity index (χ0n) is 18.0. The van der Waals surface area contributed by atoms with Gasteiger partial charge in [0.05, 0.1) is 18.6 Å². The summed E-state index contributed by atoms with van der Waals surface area (Å²) in [6, 6.07) is 24.4. The number of benzene rings is 3. The van der Waals surface area contributed by atoms with Crippen LogP contribution in [0.1, 0.15) is 28.8 Å². The van der Waals surface area contributed by atoms with Crippen LogP contribution in [0.2, 0.25) is 5.02 Å². The Balaban J connectivity index is 1.37. The standard InChI is InChI=1S/C27H25ClO5/c28-22-12-10-20(11-13-22)19-6-8-21(9-7-19)26(29)23-14-15-24(25(23)27(30)31)33-17-32-16-18-4-2-1-3-5-18/h1-13,23-25H,14-17H2,(H,30,31)/t23?,24-,25?/m1/s1. The van der Waals surface area contributed by atoms with Gasteiger partial charge in [-0.1, -0.05) is 78.3 Å². The second kappa shape index (κ2) is 10.8. The maximum atomic E-state index is 13.1. The molecule has 0 heterocycles. The van der Waals surface area contributed by atoms with Gasteiger partial charge in [0, 0.05) is 16.5 Å². The smallest absolute Gasteiger partial charge is 0.309 e. The Morgan fingerprint density at radius 3 is 2.15 bits per heavy atom. The molecule has 3 aromatic rings. The highest BCUT2D eigenvalue weighted by Gasteiger charge is 2.45. The van der Waals surface area contributed by atoms with Crippen LogP contribution < -0.4 is 0 Å². The highest BCUT2D eigenvalue weighted by molar-refractivity contribution is 6.30. The average Bonchev–Trinajstić information content (AvgIpc) is 3.27. The highest BCUT2D eigenvalue weighted by atomic mass is 35.5. The van der Waals surface area contributed by atoms with Crippen molar-refractivity contribution in [2.75, 3.05) is 6.79 Å². The number of hydrogen-bond donors (Lipinski definition) is 1. The number of halogens is 1. The van der Waals surface area contributed by atoms with E-state index < -0.39 is 23.9 Å². The Morgan fingerprint density at radius 2 is 1.52 bits per heavy atom. The van der Waals surface area contributed by atoms with E-state index >= 15 is 0 Å². The molecule has 3 atom stereocenters. The number of carboxylic acid groups (broad SMARTS) is 1. The van der Waals surface area contributed by atoms with Crippen LogP contribution in [0.4, 0.5) is 0 Å². The van der Waals surface area contributed by atoms with E-state index in [2.05, 4.69) is 0 Å². The minimum Gasteiger partial charge on any atom is -0.481 e. The van der Waals surface area contributed by atoms with Crippen molar-refractivity contribution in [2.24, 2.45) is 11.8 Å². The Bertz CT molecular complexity index is 1080. The number of rotatable bonds is 9. The van der Waals surface area contributed by atoms with E-state index in [4.69, 9.17) is 21.1 Å². The van der Waals surface area contributed by atoms with Crippen molar-refractivity contribution in [2.45, 2.75) is 25.6 Å². The van der Waals surface area contributed by atoms with Crippen molar-refractivity contribution in [3.05, 3.63) is 95.0 Å². The van der Waals surface area contributed by atoms with Gasteiger partial charge in [-0.2, -0.15) is 0 Å². The van der Waals surface area contributed by atoms with Crippen LogP contribution >= 0.6 is 11.6 Å². The van der Waals surface area contributed by atoms with E-state index in [0.29, 0.717) is 30.0 Å². The Hall–Kier alpha value is -2.99. The lowest BCUT2D eigenvalue weighted by Gasteiger charge is -2.21. The van der Waals surface area contributed by atoms with Gasteiger partial charge in [-0.15, -0.1) is 0 Å². The topological polar surface area (TPSA) is 72.8 Å². The predicted octanol–water partition coefficient (Wildman–Crippen LogP) is 5.86. The first kappa shape index (κ1) is 23.2. The van der Waals surface area contributed by atoms with Crippen molar-refractivity contribution in [3.8, 4) is 11.1 Å². The van der Waals surface area contributed by atoms with Crippen molar-refractivity contribution in [1.82, 2.24) is 0 Å². The van der Waals surface area contributed by atoms with Crippen molar-refractivity contribution >= 4 is 23.4 Å². The fraction of sp³-hybridized carbons (Fsp3) is 0.259. The van der Waals surface area contributed by atoms with Gasteiger partial charge in [0.1, 0.15) is 6.79 Å². The molecule has 0 spiro atoms. The predicted molar refractivity (Wildman–Crippen MR) is 126 cm³/mol. The first-order valence-corrected chi connectivity index (χ1v) is 11.3. The lowest BCUT2D eigenvalue weighted by atomic mass is 9.87. The summed E-state index contributed by atoms with van der Waals surface area (Å²) in [6.45, 7) is 0.369. The summed E-state index contributed by atoms with van der Waals surface area (Å²) < 4.78 is 11.3. The third kappa shape index (κ3) is 5.69. The van der Waals surface area contributed by atoms with Crippen LogP contribution in [-0.2, 0) is 20.9 Å². The quantitative estimate of drug-likeness (QED) is 0.244. The summed E-state index contributed by atoms with van der Waals surface area (Å²) in [7, 11) is 0. The van der Waals surface area contributed by atoms with Crippen molar-refractivity contribution < 1.29 is 24.2 Å². The van der Waals surface area contributed by atoms with Gasteiger partial charge in [0.2, 0.25) is 0 Å². The van der Waals surface area contributed by atoms with Crippen LogP contribution in [0, 0.1) is 11.8 Å². The minimum absolute atomic E-state index is 0.0138. The highest BCUT2D eigenvalue weighted by Crippen LogP contribution is 2.37. The third-order valence-electron chi connectivity index (χ3n) is 6.04. The van der Waals surface area contributed by atoms with Gasteiger partial charge >= 0.3 is 5.97 Å². The molecule has 33 heavy (non-hydrogen) atoms. The number of ketones is 1. The zero-order chi connectivity index (χ0) is 23.2. The summed E-state index contributed by atoms with van der Waals surface area (Å²) in [4.78, 5) is 25.1. The maximum Gasteiger partial charge on any atom is 0.309 e. The van der Waals surface area contributed by atoms with Gasteiger partial charge in [0.15, 0.2) is 5.78 Å². The molecular weight excluding hydrogens is 440 g/mol. The number of carboxylic acids is 1. The maximum absolute atomic E-state index is 13.1. The molecule has 1 fully saturated rings. The number of hydrogen-bond acceptors (Lipinski definition) is 4. The molecular formula is C27H25ClO5. The number of ether oxygens (including phenoxy) is 2. The van der Waals surface area contributed by atoms with Crippen LogP contribution in [-0.4, -0.2) is 29.8 Å². The van der Waals surface area contributed by atoms with E-state index in [0.717, 1.165) is 16.7 Å². The summed E-state index contributed by atoms with van der Waals surface area (Å²) in [5.74, 6) is -2.70. The second-order valence-electron chi connectivity index (χ2n) is 8.15. The van der Waals surface area contributed by atoms with Gasteiger partial charge in [-0.25, -0.2) is 0 Å². The third-order valence-corrected chi connectivity index (χ3v) is 6.29. The lowest BCUT2D eigenvalue weighted by molar-refractivity contribution is -0.154. The Morgan fingerprint density at radius 1 is 0.879 bits per heavy atom. The summed E-state index contributed by atoms with van der Waals surface area (Å²) in [6.07, 6.45) is 0.420. The van der Waals surface area contributed by atoms with Gasteiger partial charge < -0.3 is 14.6 Å². The normalized spacial score (nSPS) is 20.0. The molecule has 0 bridgehead atoms. The number of aliphatic carboxylic acids is 1. The van der Waals surface area contributed by atoms with Crippen LogP contribution in [0.15, 0.2) is 78.9 Å². The van der Waals surface area contributed by atoms with E-state index in [-0.39, 0.29) is 12.6 Å². The molecule has 4 rings (SSSR count). The van der Waals surface area contributed by atoms with Gasteiger partial charge in [0.25, 0.3) is 0 Å². The average molecular weight is 465 g/mol. The minimum atomic E-state index is -1.02. The van der Waals surface area contributed by atoms with Crippen molar-refractivity contribution in [1.29, 1.82) is 0 Å². The molecule has 0 aliphatic heterocycles. The zero-order valence-corrected chi connectivity index (χ0v) is 18.8. The fourth-order valence-electron chi connectivity index (χ4n) is 4.33. The molecule has 0 amide bonds. The van der Waals surface area contributed by atoms with Gasteiger partial charge in [-0.3, -0.25) is 9.59 Å². The van der Waals surface area contributed by atoms with E-state index in [9.17, 15) is 14.7 Å². The Labute approximate surface area is 197 Å². The molecule has 0 saturated heterocycles. The molecule has 2 unspecified atom stereocenters. The molecule has 6 heteroatoms. The van der Waals surface area contributed by atoms with Crippen molar-refractivity contribution in [3.63, 3.8) is 0 Å². The lowest BCUT2D eigenvalue weighted by Crippen LogP contribution is -2.34. The van der Waals surface area contributed by atoms with Crippen LogP contribution in [0.3, 0.4) is 0 Å². The first-order valence-electron chi connectivity index (χ1n) is 10.9. The largest absolute Gasteiger partial charge is 0.481 e. The number of carbonyl (C=O) groups is 2. The molecule has 1 N–H and O–H groups in total. The molecule has 170 valence electrons. The molecule has 1 aliphatic carbocycles. The Kier molecular flexibility index (Phi) is 7.55. The summed E-state index contributed by atoms with van der Waals surface area (Å²) >= 11 is 5.95. The first-order chi connectivity index (χ1) is 16.0. The van der Waals surface area contributed by atoms with E-state index in [1.165, 1.54) is 0 Å².